The van der Waals surface area contributed by atoms with Crippen LogP contribution >= 0.6 is 0 Å². The van der Waals surface area contributed by atoms with E-state index in [2.05, 4.69) is 31.7 Å². The first-order valence-electron chi connectivity index (χ1n) is 13.1. The maximum absolute atomic E-state index is 15.4. The number of tetrazole rings is 1. The second-order valence-electron chi connectivity index (χ2n) is 10.8. The molecule has 4 aromatic rings. The van der Waals surface area contributed by atoms with Gasteiger partial charge in [-0.1, -0.05) is 0 Å². The van der Waals surface area contributed by atoms with Crippen LogP contribution in [-0.4, -0.2) is 70.2 Å². The number of carbonyl (C=O) groups is 1. The van der Waals surface area contributed by atoms with Crippen LogP contribution in [0.4, 0.5) is 10.1 Å². The molecule has 1 fully saturated rings. The Morgan fingerprint density at radius 2 is 2.02 bits per heavy atom. The third kappa shape index (κ3) is 5.22. The molecule has 1 aliphatic carbocycles. The molecule has 0 spiro atoms. The Kier molecular flexibility index (Phi) is 7.20. The van der Waals surface area contributed by atoms with Crippen molar-refractivity contribution in [2.24, 2.45) is 12.8 Å². The zero-order valence-electron chi connectivity index (χ0n) is 22.6. The number of hydrogen-bond donors (Lipinski definition) is 2. The third-order valence-electron chi connectivity index (χ3n) is 7.63. The van der Waals surface area contributed by atoms with Gasteiger partial charge in [0.05, 0.1) is 52.1 Å². The number of primary amides is 1. The number of nitrogens with two attached hydrogens (primary N) is 1. The number of aryl methyl sites for hydroxylation is 1. The number of aromatic nitrogens is 7. The summed E-state index contributed by atoms with van der Waals surface area (Å²) < 4.78 is 18.8. The van der Waals surface area contributed by atoms with Crippen molar-refractivity contribution in [3.8, 4) is 17.5 Å². The summed E-state index contributed by atoms with van der Waals surface area (Å²) >= 11 is 0. The smallest absolute Gasteiger partial charge is 0.252 e. The molecule has 4 heterocycles. The molecule has 1 saturated carbocycles. The highest BCUT2D eigenvalue weighted by Gasteiger charge is 2.35. The topological polar surface area (TPSA) is 164 Å². The van der Waals surface area contributed by atoms with Crippen LogP contribution in [0.1, 0.15) is 67.2 Å². The number of carbonyl (C=O) groups excluding carboxylic acids is 1. The standard InChI is InChI=1S/C27H31FN10O2/c1-27(2,40)24(28)15-37(18-6-4-17(5-7-18)26-33-34-35-36(26)3)23-11-21(31-14-20(23)25(30)39)22-9-8-19-10-16(12-29)13-32-38(19)22/h8-11,13-14,17-18,24,40H,4-7,15H2,1-3H3,(H2,30,39)/t17?,18?,24-/m1/s1. The summed E-state index contributed by atoms with van der Waals surface area (Å²) in [6.45, 7) is 2.70. The van der Waals surface area contributed by atoms with Crippen molar-refractivity contribution in [1.82, 2.24) is 34.8 Å². The van der Waals surface area contributed by atoms with Crippen LogP contribution in [-0.2, 0) is 7.05 Å². The van der Waals surface area contributed by atoms with E-state index in [1.165, 1.54) is 26.2 Å². The number of nitrogens with zero attached hydrogens (tertiary/aromatic N) is 9. The summed E-state index contributed by atoms with van der Waals surface area (Å²) in [6.07, 6.45) is 4.18. The number of amides is 1. The van der Waals surface area contributed by atoms with Crippen molar-refractivity contribution in [1.29, 1.82) is 5.26 Å². The fraction of sp³-hybridized carbons (Fsp3) is 0.444. The molecule has 208 valence electrons. The number of nitriles is 1. The Morgan fingerprint density at radius 3 is 2.65 bits per heavy atom. The number of hydrogen-bond acceptors (Lipinski definition) is 9. The van der Waals surface area contributed by atoms with E-state index in [-0.39, 0.29) is 24.1 Å². The minimum Gasteiger partial charge on any atom is -0.387 e. The lowest BCUT2D eigenvalue weighted by atomic mass is 9.84. The predicted octanol–water partition coefficient (Wildman–Crippen LogP) is 2.53. The molecule has 12 nitrogen and oxygen atoms in total. The lowest BCUT2D eigenvalue weighted by Crippen LogP contribution is -2.48. The van der Waals surface area contributed by atoms with Crippen LogP contribution in [0.2, 0.25) is 0 Å². The van der Waals surface area contributed by atoms with Crippen molar-refractivity contribution in [2.75, 3.05) is 11.4 Å². The molecule has 0 radical (unpaired) electrons. The van der Waals surface area contributed by atoms with E-state index >= 15 is 4.39 Å². The molecule has 1 atom stereocenters. The SMILES string of the molecule is Cn1nnnc1C1CCC(N(C[C@@H](F)C(C)(C)O)c2cc(-c3ccc4cc(C#N)cnn34)ncc2C(N)=O)CC1. The summed E-state index contributed by atoms with van der Waals surface area (Å²) in [5.74, 6) is 0.281. The fourth-order valence-corrected chi connectivity index (χ4v) is 5.33. The maximum Gasteiger partial charge on any atom is 0.252 e. The molecule has 40 heavy (non-hydrogen) atoms. The van der Waals surface area contributed by atoms with Crippen LogP contribution in [0, 0.1) is 11.3 Å². The van der Waals surface area contributed by atoms with E-state index in [1.54, 1.807) is 21.3 Å². The number of anilines is 1. The number of aliphatic hydroxyl groups is 1. The minimum absolute atomic E-state index is 0.133. The highest BCUT2D eigenvalue weighted by Crippen LogP contribution is 2.38. The first-order chi connectivity index (χ1) is 19.1. The summed E-state index contributed by atoms with van der Waals surface area (Å²) in [5.41, 5.74) is 7.04. The normalized spacial score (nSPS) is 18.4. The van der Waals surface area contributed by atoms with Crippen LogP contribution in [0.25, 0.3) is 16.9 Å². The summed E-state index contributed by atoms with van der Waals surface area (Å²) in [7, 11) is 1.81. The number of alkyl halides is 1. The van der Waals surface area contributed by atoms with E-state index in [1.807, 2.05) is 24.1 Å². The van der Waals surface area contributed by atoms with Crippen molar-refractivity contribution in [2.45, 2.75) is 63.3 Å². The van der Waals surface area contributed by atoms with Gasteiger partial charge >= 0.3 is 0 Å². The second kappa shape index (κ2) is 10.6. The molecule has 3 N–H and O–H groups in total. The molecule has 0 saturated heterocycles. The first kappa shape index (κ1) is 27.1. The third-order valence-corrected chi connectivity index (χ3v) is 7.63. The van der Waals surface area contributed by atoms with Gasteiger partial charge in [-0.15, -0.1) is 5.10 Å². The van der Waals surface area contributed by atoms with Crippen molar-refractivity contribution in [3.05, 3.63) is 53.6 Å². The molecule has 0 unspecified atom stereocenters. The highest BCUT2D eigenvalue weighted by molar-refractivity contribution is 5.99. The fourth-order valence-electron chi connectivity index (χ4n) is 5.33. The maximum atomic E-state index is 15.4. The molecule has 0 aromatic carbocycles. The largest absolute Gasteiger partial charge is 0.387 e. The number of halogens is 1. The van der Waals surface area contributed by atoms with E-state index in [9.17, 15) is 15.2 Å². The minimum atomic E-state index is -1.61. The van der Waals surface area contributed by atoms with Gasteiger partial charge < -0.3 is 15.7 Å². The predicted molar refractivity (Wildman–Crippen MR) is 144 cm³/mol. The summed E-state index contributed by atoms with van der Waals surface area (Å²) in [5, 5.41) is 35.9. The molecular formula is C27H31FN10O2. The molecule has 0 aliphatic heterocycles. The lowest BCUT2D eigenvalue weighted by Gasteiger charge is -2.40. The zero-order valence-corrected chi connectivity index (χ0v) is 22.6. The van der Waals surface area contributed by atoms with E-state index in [4.69, 9.17) is 5.73 Å². The number of pyridine rings is 1. The van der Waals surface area contributed by atoms with E-state index < -0.39 is 17.7 Å². The van der Waals surface area contributed by atoms with Crippen LogP contribution in [0.5, 0.6) is 0 Å². The molecule has 5 rings (SSSR count). The summed E-state index contributed by atoms with van der Waals surface area (Å²) in [4.78, 5) is 18.9. The molecule has 4 aromatic heterocycles. The van der Waals surface area contributed by atoms with E-state index in [0.29, 0.717) is 41.0 Å². The van der Waals surface area contributed by atoms with Gasteiger partial charge in [-0.3, -0.25) is 9.78 Å². The Hall–Kier alpha value is -4.44. The highest BCUT2D eigenvalue weighted by atomic mass is 19.1. The zero-order chi connectivity index (χ0) is 28.6. The Bertz CT molecular complexity index is 1580. The van der Waals surface area contributed by atoms with Gasteiger partial charge in [-0.05, 0) is 74.2 Å². The summed E-state index contributed by atoms with van der Waals surface area (Å²) in [6, 6.07) is 9.01. The lowest BCUT2D eigenvalue weighted by molar-refractivity contribution is -0.000447. The average molecular weight is 547 g/mol. The molecule has 0 bridgehead atoms. The van der Waals surface area contributed by atoms with Crippen molar-refractivity contribution in [3.63, 3.8) is 0 Å². The van der Waals surface area contributed by atoms with Gasteiger partial charge in [0.25, 0.3) is 5.91 Å². The molecule has 1 aliphatic rings. The van der Waals surface area contributed by atoms with E-state index in [0.717, 1.165) is 18.7 Å². The van der Waals surface area contributed by atoms with Gasteiger partial charge in [0, 0.05) is 25.2 Å². The van der Waals surface area contributed by atoms with Crippen LogP contribution < -0.4 is 10.6 Å². The quantitative estimate of drug-likeness (QED) is 0.338. The molecule has 13 heteroatoms. The monoisotopic (exact) mass is 546 g/mol. The van der Waals surface area contributed by atoms with Crippen molar-refractivity contribution < 1.29 is 14.3 Å². The van der Waals surface area contributed by atoms with Gasteiger partial charge in [0.2, 0.25) is 0 Å². The van der Waals surface area contributed by atoms with Gasteiger partial charge in [0.15, 0.2) is 5.82 Å². The molecular weight excluding hydrogens is 515 g/mol. The average Bonchev–Trinajstić information content (AvgIpc) is 3.56. The second-order valence-corrected chi connectivity index (χ2v) is 10.8. The van der Waals surface area contributed by atoms with Gasteiger partial charge in [-0.25, -0.2) is 13.6 Å². The Labute approximate surface area is 230 Å². The van der Waals surface area contributed by atoms with Gasteiger partial charge in [-0.2, -0.15) is 10.4 Å². The Balaban J connectivity index is 1.54. The van der Waals surface area contributed by atoms with Crippen LogP contribution in [0.15, 0.2) is 36.7 Å². The number of rotatable bonds is 8. The number of fused-ring (bicyclic) bond motifs is 1. The first-order valence-corrected chi connectivity index (χ1v) is 13.1. The molecule has 1 amide bonds. The Morgan fingerprint density at radius 1 is 1.27 bits per heavy atom. The van der Waals surface area contributed by atoms with Gasteiger partial charge in [0.1, 0.15) is 12.2 Å². The van der Waals surface area contributed by atoms with Crippen molar-refractivity contribution >= 4 is 17.1 Å². The van der Waals surface area contributed by atoms with Crippen LogP contribution in [0.3, 0.4) is 0 Å².